The Bertz CT molecular complexity index is 491. The summed E-state index contributed by atoms with van der Waals surface area (Å²) in [4.78, 5) is 4.70. The molecule has 0 aliphatic heterocycles. The van der Waals surface area contributed by atoms with Crippen LogP contribution in [0, 0.1) is 5.92 Å². The first kappa shape index (κ1) is 11.6. The van der Waals surface area contributed by atoms with Gasteiger partial charge in [-0.1, -0.05) is 32.0 Å². The van der Waals surface area contributed by atoms with E-state index in [4.69, 9.17) is 4.98 Å². The Hall–Kier alpha value is -0.890. The molecule has 0 bridgehead atoms. The normalized spacial score (nSPS) is 11.2. The molecule has 1 aromatic carbocycles. The Morgan fingerprint density at radius 1 is 1.25 bits per heavy atom. The quantitative estimate of drug-likeness (QED) is 0.800. The molecule has 2 heteroatoms. The third-order valence-electron chi connectivity index (χ3n) is 2.71. The number of aromatic nitrogens is 1. The van der Waals surface area contributed by atoms with Crippen LogP contribution in [0.25, 0.3) is 10.9 Å². The summed E-state index contributed by atoms with van der Waals surface area (Å²) < 4.78 is 1.13. The lowest BCUT2D eigenvalue weighted by Crippen LogP contribution is -1.96. The largest absolute Gasteiger partial charge is 0.252 e. The molecular weight excluding hydrogens is 262 g/mol. The highest BCUT2D eigenvalue weighted by Gasteiger charge is 2.05. The zero-order chi connectivity index (χ0) is 11.5. The van der Waals surface area contributed by atoms with Gasteiger partial charge in [0.05, 0.1) is 11.2 Å². The molecule has 2 aromatic rings. The molecule has 1 heterocycles. The lowest BCUT2D eigenvalue weighted by Gasteiger charge is -2.07. The first-order chi connectivity index (χ1) is 7.66. The molecule has 0 saturated heterocycles. The van der Waals surface area contributed by atoms with Crippen LogP contribution in [0.5, 0.6) is 0 Å². The number of aryl methyl sites for hydroxylation is 1. The minimum absolute atomic E-state index is 0.722. The number of halogens is 1. The van der Waals surface area contributed by atoms with E-state index in [0.717, 1.165) is 22.3 Å². The van der Waals surface area contributed by atoms with Gasteiger partial charge in [-0.25, -0.2) is 0 Å². The molecule has 0 amide bonds. The van der Waals surface area contributed by atoms with Crippen molar-refractivity contribution in [1.29, 1.82) is 0 Å². The maximum absolute atomic E-state index is 4.70. The number of rotatable bonds is 3. The van der Waals surface area contributed by atoms with Crippen LogP contribution in [0.3, 0.4) is 0 Å². The highest BCUT2D eigenvalue weighted by Crippen LogP contribution is 2.23. The molecule has 0 fully saturated rings. The minimum atomic E-state index is 0.722. The second-order valence-corrected chi connectivity index (χ2v) is 5.40. The molecule has 0 unspecified atom stereocenters. The highest BCUT2D eigenvalue weighted by atomic mass is 79.9. The predicted octanol–water partition coefficient (Wildman–Crippen LogP) is 4.59. The van der Waals surface area contributed by atoms with E-state index in [9.17, 15) is 0 Å². The van der Waals surface area contributed by atoms with Crippen molar-refractivity contribution in [2.45, 2.75) is 26.7 Å². The Labute approximate surface area is 105 Å². The fourth-order valence-electron chi connectivity index (χ4n) is 1.73. The molecule has 0 atom stereocenters. The Kier molecular flexibility index (Phi) is 3.59. The molecular formula is C14H16BrN. The van der Waals surface area contributed by atoms with E-state index >= 15 is 0 Å². The summed E-state index contributed by atoms with van der Waals surface area (Å²) in [6, 6.07) is 10.4. The number of nitrogens with zero attached hydrogens (tertiary/aromatic N) is 1. The van der Waals surface area contributed by atoms with Crippen molar-refractivity contribution in [3.8, 4) is 0 Å². The van der Waals surface area contributed by atoms with Crippen LogP contribution in [-0.2, 0) is 6.42 Å². The summed E-state index contributed by atoms with van der Waals surface area (Å²) in [7, 11) is 0. The lowest BCUT2D eigenvalue weighted by atomic mass is 10.1. The van der Waals surface area contributed by atoms with Crippen LogP contribution >= 0.6 is 15.9 Å². The van der Waals surface area contributed by atoms with Gasteiger partial charge in [-0.3, -0.25) is 4.98 Å². The number of hydrogen-bond donors (Lipinski definition) is 0. The van der Waals surface area contributed by atoms with Crippen LogP contribution in [0.15, 0.2) is 34.8 Å². The number of hydrogen-bond acceptors (Lipinski definition) is 1. The topological polar surface area (TPSA) is 12.9 Å². The standard InChI is InChI=1S/C14H16BrN/c1-10(2)7-8-14-12(15)9-11-5-3-4-6-13(11)16-14/h3-6,9-10H,7-8H2,1-2H3. The Morgan fingerprint density at radius 2 is 2.00 bits per heavy atom. The molecule has 1 nitrogen and oxygen atoms in total. The van der Waals surface area contributed by atoms with Gasteiger partial charge < -0.3 is 0 Å². The molecule has 16 heavy (non-hydrogen) atoms. The van der Waals surface area contributed by atoms with Gasteiger partial charge >= 0.3 is 0 Å². The fraction of sp³-hybridized carbons (Fsp3) is 0.357. The van der Waals surface area contributed by atoms with Gasteiger partial charge in [0.25, 0.3) is 0 Å². The van der Waals surface area contributed by atoms with Crippen molar-refractivity contribution in [2.24, 2.45) is 5.92 Å². The van der Waals surface area contributed by atoms with Gasteiger partial charge in [0.2, 0.25) is 0 Å². The predicted molar refractivity (Wildman–Crippen MR) is 72.6 cm³/mol. The van der Waals surface area contributed by atoms with Crippen LogP contribution in [0.4, 0.5) is 0 Å². The van der Waals surface area contributed by atoms with E-state index in [0.29, 0.717) is 0 Å². The van der Waals surface area contributed by atoms with E-state index in [1.54, 1.807) is 0 Å². The molecule has 84 valence electrons. The molecule has 0 N–H and O–H groups in total. The van der Waals surface area contributed by atoms with Crippen LogP contribution in [0.2, 0.25) is 0 Å². The average Bonchev–Trinajstić information content (AvgIpc) is 2.26. The summed E-state index contributed by atoms with van der Waals surface area (Å²) >= 11 is 3.61. The highest BCUT2D eigenvalue weighted by molar-refractivity contribution is 9.10. The molecule has 0 saturated carbocycles. The molecule has 2 rings (SSSR count). The summed E-state index contributed by atoms with van der Waals surface area (Å²) in [5.74, 6) is 0.722. The van der Waals surface area contributed by atoms with Crippen LogP contribution in [0.1, 0.15) is 26.0 Å². The van der Waals surface area contributed by atoms with Crippen LogP contribution < -0.4 is 0 Å². The zero-order valence-electron chi connectivity index (χ0n) is 9.70. The molecule has 0 spiro atoms. The average molecular weight is 278 g/mol. The van der Waals surface area contributed by atoms with E-state index < -0.39 is 0 Å². The molecule has 0 aliphatic carbocycles. The summed E-state index contributed by atoms with van der Waals surface area (Å²) in [5.41, 5.74) is 2.26. The van der Waals surface area contributed by atoms with Crippen LogP contribution in [-0.4, -0.2) is 4.98 Å². The van der Waals surface area contributed by atoms with Crippen molar-refractivity contribution < 1.29 is 0 Å². The van der Waals surface area contributed by atoms with E-state index in [1.165, 1.54) is 17.5 Å². The number of pyridine rings is 1. The summed E-state index contributed by atoms with van der Waals surface area (Å²) in [6.07, 6.45) is 2.23. The van der Waals surface area contributed by atoms with E-state index in [2.05, 4.69) is 48.0 Å². The van der Waals surface area contributed by atoms with E-state index in [1.807, 2.05) is 12.1 Å². The maximum atomic E-state index is 4.70. The molecule has 1 aromatic heterocycles. The number of fused-ring (bicyclic) bond motifs is 1. The second-order valence-electron chi connectivity index (χ2n) is 4.54. The minimum Gasteiger partial charge on any atom is -0.252 e. The lowest BCUT2D eigenvalue weighted by molar-refractivity contribution is 0.581. The van der Waals surface area contributed by atoms with Gasteiger partial charge in [0, 0.05) is 9.86 Å². The van der Waals surface area contributed by atoms with Crippen molar-refractivity contribution in [1.82, 2.24) is 4.98 Å². The third kappa shape index (κ3) is 2.62. The number of benzene rings is 1. The SMILES string of the molecule is CC(C)CCc1nc2ccccc2cc1Br. The first-order valence-electron chi connectivity index (χ1n) is 5.71. The monoisotopic (exact) mass is 277 g/mol. The smallest absolute Gasteiger partial charge is 0.0706 e. The second kappa shape index (κ2) is 4.96. The fourth-order valence-corrected chi connectivity index (χ4v) is 2.26. The van der Waals surface area contributed by atoms with Crippen molar-refractivity contribution in [2.75, 3.05) is 0 Å². The van der Waals surface area contributed by atoms with Crippen molar-refractivity contribution >= 4 is 26.8 Å². The van der Waals surface area contributed by atoms with Gasteiger partial charge in [-0.15, -0.1) is 0 Å². The van der Waals surface area contributed by atoms with Gasteiger partial charge in [-0.05, 0) is 46.8 Å². The molecule has 0 radical (unpaired) electrons. The van der Waals surface area contributed by atoms with Gasteiger partial charge in [-0.2, -0.15) is 0 Å². The van der Waals surface area contributed by atoms with Gasteiger partial charge in [0.15, 0.2) is 0 Å². The van der Waals surface area contributed by atoms with Crippen molar-refractivity contribution in [3.63, 3.8) is 0 Å². The zero-order valence-corrected chi connectivity index (χ0v) is 11.3. The first-order valence-corrected chi connectivity index (χ1v) is 6.50. The molecule has 0 aliphatic rings. The van der Waals surface area contributed by atoms with Gasteiger partial charge in [0.1, 0.15) is 0 Å². The van der Waals surface area contributed by atoms with Crippen molar-refractivity contribution in [3.05, 3.63) is 40.5 Å². The third-order valence-corrected chi connectivity index (χ3v) is 3.40. The summed E-state index contributed by atoms with van der Waals surface area (Å²) in [6.45, 7) is 4.49. The maximum Gasteiger partial charge on any atom is 0.0706 e. The van der Waals surface area contributed by atoms with E-state index in [-0.39, 0.29) is 0 Å². The Morgan fingerprint density at radius 3 is 2.75 bits per heavy atom. The Balaban J connectivity index is 2.34. The number of para-hydroxylation sites is 1. The summed E-state index contributed by atoms with van der Waals surface area (Å²) in [5, 5.41) is 1.20.